The Morgan fingerprint density at radius 1 is 0.484 bits per heavy atom. The molecule has 11 unspecified atom stereocenters. The van der Waals surface area contributed by atoms with Crippen LogP contribution < -0.4 is 0 Å². The van der Waals surface area contributed by atoms with E-state index >= 15 is 0 Å². The second kappa shape index (κ2) is 8.02. The number of hydrogen-bond donors (Lipinski definition) is 0. The summed E-state index contributed by atoms with van der Waals surface area (Å²) in [4.78, 5) is 3.00. The molecule has 6 aliphatic carbocycles. The van der Waals surface area contributed by atoms with Gasteiger partial charge in [-0.15, -0.1) is 0 Å². The first-order valence-electron chi connectivity index (χ1n) is 15.0. The number of rotatable bonds is 2. The van der Waals surface area contributed by atoms with E-state index < -0.39 is 0 Å². The molecule has 7 fully saturated rings. The maximum atomic E-state index is 3.00. The lowest BCUT2D eigenvalue weighted by atomic mass is 9.66. The molecule has 11 atom stereocenters. The Bertz CT molecular complexity index is 633. The summed E-state index contributed by atoms with van der Waals surface area (Å²) in [5, 5.41) is 0. The summed E-state index contributed by atoms with van der Waals surface area (Å²) in [5.41, 5.74) is 0. The van der Waals surface area contributed by atoms with Crippen LogP contribution in [0.2, 0.25) is 0 Å². The smallest absolute Gasteiger partial charge is 0.0160 e. The largest absolute Gasteiger partial charge is 0.300 e. The Morgan fingerprint density at radius 3 is 1.55 bits per heavy atom. The molecule has 0 aromatic carbocycles. The van der Waals surface area contributed by atoms with Gasteiger partial charge >= 0.3 is 0 Å². The fourth-order valence-electron chi connectivity index (χ4n) is 12.2. The van der Waals surface area contributed by atoms with Crippen LogP contribution in [-0.4, -0.2) is 24.0 Å². The molecule has 0 N–H and O–H groups in total. The molecular formula is C30H49N. The van der Waals surface area contributed by atoms with E-state index in [1.807, 2.05) is 0 Å². The van der Waals surface area contributed by atoms with Gasteiger partial charge in [0.15, 0.2) is 0 Å². The predicted molar refractivity (Wildman–Crippen MR) is 129 cm³/mol. The van der Waals surface area contributed by atoms with E-state index in [0.717, 1.165) is 71.3 Å². The maximum absolute atomic E-state index is 3.00. The molecule has 0 aromatic heterocycles. The van der Waals surface area contributed by atoms with Crippen LogP contribution in [0.5, 0.6) is 0 Å². The lowest BCUT2D eigenvalue weighted by molar-refractivity contribution is 0.0839. The predicted octanol–water partition coefficient (Wildman–Crippen LogP) is 7.54. The van der Waals surface area contributed by atoms with Crippen molar-refractivity contribution in [3.05, 3.63) is 0 Å². The van der Waals surface area contributed by atoms with Gasteiger partial charge in [0, 0.05) is 12.1 Å². The molecule has 0 aromatic rings. The summed E-state index contributed by atoms with van der Waals surface area (Å²) in [7, 11) is 2.58. The summed E-state index contributed by atoms with van der Waals surface area (Å²) in [6.45, 7) is 0. The minimum atomic E-state index is 0.961. The van der Waals surface area contributed by atoms with Gasteiger partial charge in [0.1, 0.15) is 0 Å². The fraction of sp³-hybridized carbons (Fsp3) is 1.00. The van der Waals surface area contributed by atoms with Gasteiger partial charge in [-0.2, -0.15) is 0 Å². The first-order valence-corrected chi connectivity index (χ1v) is 15.0. The van der Waals surface area contributed by atoms with Crippen LogP contribution in [0.3, 0.4) is 0 Å². The quantitative estimate of drug-likeness (QED) is 0.443. The first kappa shape index (κ1) is 20.3. The summed E-state index contributed by atoms with van der Waals surface area (Å²) < 4.78 is 0. The van der Waals surface area contributed by atoms with Crippen molar-refractivity contribution in [3.63, 3.8) is 0 Å². The van der Waals surface area contributed by atoms with Crippen LogP contribution in [0.4, 0.5) is 0 Å². The third kappa shape index (κ3) is 3.03. The van der Waals surface area contributed by atoms with Crippen molar-refractivity contribution in [2.24, 2.45) is 59.2 Å². The number of fused-ring (bicyclic) bond motifs is 8. The van der Waals surface area contributed by atoms with Gasteiger partial charge in [-0.1, -0.05) is 51.4 Å². The Labute approximate surface area is 192 Å². The van der Waals surface area contributed by atoms with E-state index in [9.17, 15) is 0 Å². The van der Waals surface area contributed by atoms with Crippen molar-refractivity contribution in [1.82, 2.24) is 4.90 Å². The fourth-order valence-corrected chi connectivity index (χ4v) is 12.2. The van der Waals surface area contributed by atoms with Gasteiger partial charge in [0.2, 0.25) is 0 Å². The number of hydrogen-bond acceptors (Lipinski definition) is 1. The van der Waals surface area contributed by atoms with Crippen molar-refractivity contribution >= 4 is 0 Å². The van der Waals surface area contributed by atoms with Gasteiger partial charge in [0.05, 0.1) is 0 Å². The second-order valence-corrected chi connectivity index (χ2v) is 13.6. The SMILES string of the molecule is CN1C2CCCCC2C2C(CC3C4CCCCC4C4CCCCC43)C3CCCCC3C21. The average Bonchev–Trinajstić information content (AvgIpc) is 3.43. The molecule has 6 saturated carbocycles. The number of likely N-dealkylation sites (tertiary alicyclic amines) is 1. The Hall–Kier alpha value is -0.0400. The zero-order chi connectivity index (χ0) is 20.5. The van der Waals surface area contributed by atoms with E-state index in [1.165, 1.54) is 12.8 Å². The van der Waals surface area contributed by atoms with E-state index in [4.69, 9.17) is 0 Å². The highest BCUT2D eigenvalue weighted by molar-refractivity contribution is 5.13. The molecule has 0 amide bonds. The lowest BCUT2D eigenvalue weighted by Crippen LogP contribution is -2.40. The summed E-state index contributed by atoms with van der Waals surface area (Å²) in [5.74, 6) is 11.2. The van der Waals surface area contributed by atoms with Crippen molar-refractivity contribution in [2.45, 2.75) is 121 Å². The summed E-state index contributed by atoms with van der Waals surface area (Å²) in [6, 6.07) is 1.94. The number of nitrogens with zero attached hydrogens (tertiary/aromatic N) is 1. The molecule has 1 nitrogen and oxygen atoms in total. The van der Waals surface area contributed by atoms with Crippen LogP contribution in [0.15, 0.2) is 0 Å². The molecule has 31 heavy (non-hydrogen) atoms. The Kier molecular flexibility index (Phi) is 5.27. The minimum Gasteiger partial charge on any atom is -0.300 e. The monoisotopic (exact) mass is 423 g/mol. The van der Waals surface area contributed by atoms with Crippen molar-refractivity contribution in [1.29, 1.82) is 0 Å². The lowest BCUT2D eigenvalue weighted by Gasteiger charge is -2.41. The molecule has 7 aliphatic rings. The minimum absolute atomic E-state index is 0.961. The second-order valence-electron chi connectivity index (χ2n) is 13.6. The zero-order valence-corrected chi connectivity index (χ0v) is 20.4. The van der Waals surface area contributed by atoms with Gasteiger partial charge in [-0.3, -0.25) is 4.90 Å². The molecule has 1 aliphatic heterocycles. The molecular weight excluding hydrogens is 374 g/mol. The average molecular weight is 424 g/mol. The summed E-state index contributed by atoms with van der Waals surface area (Å²) >= 11 is 0. The molecule has 1 heteroatoms. The van der Waals surface area contributed by atoms with Gasteiger partial charge in [-0.25, -0.2) is 0 Å². The molecule has 1 heterocycles. The maximum Gasteiger partial charge on any atom is 0.0160 e. The molecule has 1 saturated heterocycles. The van der Waals surface area contributed by atoms with E-state index in [1.54, 1.807) is 96.3 Å². The van der Waals surface area contributed by atoms with Gasteiger partial charge in [-0.05, 0) is 124 Å². The third-order valence-corrected chi connectivity index (χ3v) is 13.0. The van der Waals surface area contributed by atoms with E-state index in [-0.39, 0.29) is 0 Å². The van der Waals surface area contributed by atoms with E-state index in [0.29, 0.717) is 0 Å². The van der Waals surface area contributed by atoms with Crippen LogP contribution in [0.25, 0.3) is 0 Å². The molecule has 0 spiro atoms. The highest BCUT2D eigenvalue weighted by atomic mass is 15.2. The molecule has 174 valence electrons. The van der Waals surface area contributed by atoms with Crippen LogP contribution >= 0.6 is 0 Å². The topological polar surface area (TPSA) is 3.24 Å². The molecule has 0 radical (unpaired) electrons. The van der Waals surface area contributed by atoms with Crippen molar-refractivity contribution in [3.8, 4) is 0 Å². The van der Waals surface area contributed by atoms with Crippen molar-refractivity contribution in [2.75, 3.05) is 7.05 Å². The standard InChI is InChI=1S/C30H49N/c1-31-28-17-9-8-16-25(28)29-27(23-14-6-7-15-24(23)30(29)31)18-26-21-12-4-2-10-19(21)20-11-3-5-13-22(20)26/h19-30H,2-18H2,1H3. The van der Waals surface area contributed by atoms with Crippen molar-refractivity contribution < 1.29 is 0 Å². The van der Waals surface area contributed by atoms with Crippen LogP contribution in [-0.2, 0) is 0 Å². The van der Waals surface area contributed by atoms with Gasteiger partial charge < -0.3 is 0 Å². The molecule has 7 rings (SSSR count). The van der Waals surface area contributed by atoms with Gasteiger partial charge in [0.25, 0.3) is 0 Å². The Balaban J connectivity index is 1.21. The Morgan fingerprint density at radius 2 is 0.935 bits per heavy atom. The first-order chi connectivity index (χ1) is 15.3. The van der Waals surface area contributed by atoms with E-state index in [2.05, 4.69) is 11.9 Å². The third-order valence-electron chi connectivity index (χ3n) is 13.0. The van der Waals surface area contributed by atoms with Crippen LogP contribution in [0.1, 0.15) is 109 Å². The normalized spacial score (nSPS) is 56.4. The molecule has 0 bridgehead atoms. The zero-order valence-electron chi connectivity index (χ0n) is 20.4. The van der Waals surface area contributed by atoms with Crippen LogP contribution in [0, 0.1) is 59.2 Å². The summed E-state index contributed by atoms with van der Waals surface area (Å²) in [6.07, 6.45) is 26.8. The highest BCUT2D eigenvalue weighted by Crippen LogP contribution is 2.65. The highest BCUT2D eigenvalue weighted by Gasteiger charge is 2.62.